The van der Waals surface area contributed by atoms with Crippen molar-refractivity contribution in [2.24, 2.45) is 0 Å². The van der Waals surface area contributed by atoms with E-state index in [9.17, 15) is 14.4 Å². The average molecular weight is 450 g/mol. The van der Waals surface area contributed by atoms with Gasteiger partial charge in [0.15, 0.2) is 5.82 Å². The molecule has 3 aromatic rings. The maximum atomic E-state index is 12.5. The van der Waals surface area contributed by atoms with E-state index in [0.29, 0.717) is 5.82 Å². The van der Waals surface area contributed by atoms with Crippen molar-refractivity contribution in [2.75, 3.05) is 6.61 Å². The standard InChI is InChI=1S/C23H22N4O6/c1-13-25-20(33-27-13)11-24-22(30)19(10-21(28)29)26-23(31)32-12-18-16-8-4-2-6-14(16)15-7-3-5-9-17(15)18/h2-9,18-19H,10-12H2,1H3,(H,24,30)(H,26,31)(H,28,29). The lowest BCUT2D eigenvalue weighted by atomic mass is 9.98. The molecule has 33 heavy (non-hydrogen) atoms. The lowest BCUT2D eigenvalue weighted by Gasteiger charge is -2.18. The number of alkyl carbamates (subject to hydrolysis) is 1. The highest BCUT2D eigenvalue weighted by Crippen LogP contribution is 2.44. The maximum absolute atomic E-state index is 12.5. The summed E-state index contributed by atoms with van der Waals surface area (Å²) in [6.07, 6.45) is -1.49. The lowest BCUT2D eigenvalue weighted by molar-refractivity contribution is -0.139. The number of hydrogen-bond donors (Lipinski definition) is 3. The molecule has 4 rings (SSSR count). The number of amides is 2. The van der Waals surface area contributed by atoms with Gasteiger partial charge in [0.05, 0.1) is 13.0 Å². The van der Waals surface area contributed by atoms with Crippen LogP contribution in [-0.4, -0.2) is 45.9 Å². The quantitative estimate of drug-likeness (QED) is 0.475. The Morgan fingerprint density at radius 3 is 2.30 bits per heavy atom. The molecule has 0 fully saturated rings. The topological polar surface area (TPSA) is 144 Å². The third-order valence-corrected chi connectivity index (χ3v) is 5.31. The SMILES string of the molecule is Cc1noc(CNC(=O)C(CC(=O)O)NC(=O)OCC2c3ccccc3-c3ccccc32)n1. The van der Waals surface area contributed by atoms with Crippen LogP contribution in [0, 0.1) is 6.92 Å². The van der Waals surface area contributed by atoms with Crippen molar-refractivity contribution in [1.82, 2.24) is 20.8 Å². The number of rotatable bonds is 8. The number of carbonyl (C=O) groups is 3. The fraction of sp³-hybridized carbons (Fsp3) is 0.261. The van der Waals surface area contributed by atoms with E-state index in [0.717, 1.165) is 22.3 Å². The summed E-state index contributed by atoms with van der Waals surface area (Å²) >= 11 is 0. The lowest BCUT2D eigenvalue weighted by Crippen LogP contribution is -2.48. The number of aromatic nitrogens is 2. The van der Waals surface area contributed by atoms with Crippen molar-refractivity contribution in [3.63, 3.8) is 0 Å². The Hall–Kier alpha value is -4.21. The van der Waals surface area contributed by atoms with E-state index in [1.54, 1.807) is 6.92 Å². The zero-order chi connectivity index (χ0) is 23.4. The summed E-state index contributed by atoms with van der Waals surface area (Å²) in [7, 11) is 0. The molecule has 2 aromatic carbocycles. The third kappa shape index (κ3) is 5.00. The number of nitrogens with zero attached hydrogens (tertiary/aromatic N) is 2. The molecule has 1 aromatic heterocycles. The third-order valence-electron chi connectivity index (χ3n) is 5.31. The summed E-state index contributed by atoms with van der Waals surface area (Å²) in [5.41, 5.74) is 4.25. The molecule has 2 amide bonds. The van der Waals surface area contributed by atoms with Gasteiger partial charge in [-0.15, -0.1) is 0 Å². The molecule has 0 bridgehead atoms. The average Bonchev–Trinajstić information content (AvgIpc) is 3.36. The van der Waals surface area contributed by atoms with Crippen LogP contribution in [-0.2, 0) is 20.9 Å². The van der Waals surface area contributed by atoms with Crippen LogP contribution in [0.2, 0.25) is 0 Å². The molecule has 10 heteroatoms. The molecule has 10 nitrogen and oxygen atoms in total. The van der Waals surface area contributed by atoms with Crippen LogP contribution < -0.4 is 10.6 Å². The number of benzene rings is 2. The molecule has 1 unspecified atom stereocenters. The largest absolute Gasteiger partial charge is 0.481 e. The molecular weight excluding hydrogens is 428 g/mol. The molecule has 0 saturated carbocycles. The van der Waals surface area contributed by atoms with Gasteiger partial charge >= 0.3 is 12.1 Å². The first kappa shape index (κ1) is 22.0. The number of nitrogens with one attached hydrogen (secondary N) is 2. The highest BCUT2D eigenvalue weighted by Gasteiger charge is 2.30. The smallest absolute Gasteiger partial charge is 0.407 e. The van der Waals surface area contributed by atoms with Crippen LogP contribution in [0.4, 0.5) is 4.79 Å². The second-order valence-corrected chi connectivity index (χ2v) is 7.57. The minimum atomic E-state index is -1.33. The van der Waals surface area contributed by atoms with Gasteiger partial charge in [-0.3, -0.25) is 9.59 Å². The molecule has 170 valence electrons. The first-order valence-corrected chi connectivity index (χ1v) is 10.3. The summed E-state index contributed by atoms with van der Waals surface area (Å²) < 4.78 is 10.3. The van der Waals surface area contributed by atoms with Gasteiger partial charge in [0.1, 0.15) is 12.6 Å². The Morgan fingerprint density at radius 1 is 1.09 bits per heavy atom. The van der Waals surface area contributed by atoms with Crippen molar-refractivity contribution < 1.29 is 28.8 Å². The second-order valence-electron chi connectivity index (χ2n) is 7.57. The van der Waals surface area contributed by atoms with E-state index < -0.39 is 30.4 Å². The predicted octanol–water partition coefficient (Wildman–Crippen LogP) is 2.38. The number of aryl methyl sites for hydroxylation is 1. The van der Waals surface area contributed by atoms with Crippen molar-refractivity contribution in [3.8, 4) is 11.1 Å². The van der Waals surface area contributed by atoms with E-state index in [1.165, 1.54) is 0 Å². The van der Waals surface area contributed by atoms with Crippen molar-refractivity contribution in [2.45, 2.75) is 31.8 Å². The predicted molar refractivity (Wildman–Crippen MR) is 115 cm³/mol. The van der Waals surface area contributed by atoms with E-state index in [2.05, 4.69) is 20.8 Å². The minimum absolute atomic E-state index is 0.0442. The van der Waals surface area contributed by atoms with Crippen molar-refractivity contribution >= 4 is 18.0 Å². The van der Waals surface area contributed by atoms with Gasteiger partial charge in [0.25, 0.3) is 0 Å². The molecular formula is C23H22N4O6. The molecule has 0 radical (unpaired) electrons. The molecule has 0 saturated heterocycles. The van der Waals surface area contributed by atoms with Crippen LogP contribution in [0.1, 0.15) is 35.2 Å². The molecule has 0 spiro atoms. The number of fused-ring (bicyclic) bond motifs is 3. The minimum Gasteiger partial charge on any atom is -0.481 e. The Bertz CT molecular complexity index is 1150. The fourth-order valence-corrected chi connectivity index (χ4v) is 3.86. The molecule has 1 aliphatic carbocycles. The number of aliphatic carboxylic acids is 1. The second kappa shape index (κ2) is 9.51. The number of carbonyl (C=O) groups excluding carboxylic acids is 2. The van der Waals surface area contributed by atoms with Gasteiger partial charge in [-0.1, -0.05) is 53.7 Å². The van der Waals surface area contributed by atoms with Gasteiger partial charge in [-0.2, -0.15) is 4.98 Å². The van der Waals surface area contributed by atoms with Crippen molar-refractivity contribution in [3.05, 3.63) is 71.4 Å². The normalized spacial score (nSPS) is 13.0. The number of ether oxygens (including phenoxy) is 1. The maximum Gasteiger partial charge on any atom is 0.407 e. The first-order valence-electron chi connectivity index (χ1n) is 10.3. The Labute approximate surface area is 189 Å². The van der Waals surface area contributed by atoms with E-state index in [4.69, 9.17) is 14.4 Å². The summed E-state index contributed by atoms with van der Waals surface area (Å²) in [5.74, 6) is -1.55. The van der Waals surface area contributed by atoms with Gasteiger partial charge in [0, 0.05) is 5.92 Å². The number of carboxylic acids is 1. The zero-order valence-electron chi connectivity index (χ0n) is 17.8. The molecule has 1 heterocycles. The van der Waals surface area contributed by atoms with Gasteiger partial charge < -0.3 is 25.0 Å². The summed E-state index contributed by atoms with van der Waals surface area (Å²) in [4.78, 5) is 40.1. The first-order chi connectivity index (χ1) is 15.9. The molecule has 3 N–H and O–H groups in total. The van der Waals surface area contributed by atoms with Gasteiger partial charge in [0.2, 0.25) is 11.8 Å². The van der Waals surface area contributed by atoms with Crippen LogP contribution in [0.15, 0.2) is 53.1 Å². The van der Waals surface area contributed by atoms with Crippen LogP contribution in [0.5, 0.6) is 0 Å². The van der Waals surface area contributed by atoms with Crippen LogP contribution in [0.3, 0.4) is 0 Å². The highest BCUT2D eigenvalue weighted by atomic mass is 16.5. The molecule has 0 aliphatic heterocycles. The van der Waals surface area contributed by atoms with E-state index >= 15 is 0 Å². The monoisotopic (exact) mass is 450 g/mol. The van der Waals surface area contributed by atoms with Gasteiger partial charge in [-0.05, 0) is 29.2 Å². The van der Waals surface area contributed by atoms with Crippen LogP contribution in [0.25, 0.3) is 11.1 Å². The fourth-order valence-electron chi connectivity index (χ4n) is 3.86. The summed E-state index contributed by atoms with van der Waals surface area (Å²) in [6.45, 7) is 1.57. The highest BCUT2D eigenvalue weighted by molar-refractivity contribution is 5.89. The summed E-state index contributed by atoms with van der Waals surface area (Å²) in [5, 5.41) is 17.6. The Kier molecular flexibility index (Phi) is 6.34. The van der Waals surface area contributed by atoms with Gasteiger partial charge in [-0.25, -0.2) is 4.79 Å². The molecule has 1 aliphatic rings. The number of carboxylic acid groups (broad SMARTS) is 1. The van der Waals surface area contributed by atoms with Crippen molar-refractivity contribution in [1.29, 1.82) is 0 Å². The Morgan fingerprint density at radius 2 is 1.73 bits per heavy atom. The summed E-state index contributed by atoms with van der Waals surface area (Å²) in [6, 6.07) is 14.4. The zero-order valence-corrected chi connectivity index (χ0v) is 17.8. The molecule has 1 atom stereocenters. The number of hydrogen-bond acceptors (Lipinski definition) is 7. The van der Waals surface area contributed by atoms with E-state index in [1.807, 2.05) is 48.5 Å². The Balaban J connectivity index is 1.38. The van der Waals surface area contributed by atoms with E-state index in [-0.39, 0.29) is 25.0 Å². The van der Waals surface area contributed by atoms with Crippen LogP contribution >= 0.6 is 0 Å².